The average molecular weight is 318 g/mol. The molecule has 1 aliphatic rings. The van der Waals surface area contributed by atoms with E-state index >= 15 is 0 Å². The quantitative estimate of drug-likeness (QED) is 0.676. The third kappa shape index (κ3) is 2.22. The summed E-state index contributed by atoms with van der Waals surface area (Å²) in [5.41, 5.74) is 2.51. The van der Waals surface area contributed by atoms with Crippen LogP contribution in [0.15, 0.2) is 60.8 Å². The van der Waals surface area contributed by atoms with E-state index in [1.165, 1.54) is 0 Å². The van der Waals surface area contributed by atoms with Crippen molar-refractivity contribution in [2.45, 2.75) is 26.1 Å². The van der Waals surface area contributed by atoms with Crippen molar-refractivity contribution < 1.29 is 9.53 Å². The van der Waals surface area contributed by atoms with Crippen molar-refractivity contribution in [3.63, 3.8) is 0 Å². The molecule has 0 saturated carbocycles. The van der Waals surface area contributed by atoms with Crippen LogP contribution in [-0.2, 0) is 0 Å². The summed E-state index contributed by atoms with van der Waals surface area (Å²) in [6, 6.07) is 17.2. The topological polar surface area (TPSA) is 42.4 Å². The van der Waals surface area contributed by atoms with Gasteiger partial charge in [0.15, 0.2) is 12.0 Å². The minimum absolute atomic E-state index is 0.0256. The van der Waals surface area contributed by atoms with Crippen molar-refractivity contribution in [3.05, 3.63) is 71.9 Å². The van der Waals surface area contributed by atoms with E-state index in [-0.39, 0.29) is 18.2 Å². The Balaban J connectivity index is 1.79. The summed E-state index contributed by atoms with van der Waals surface area (Å²) in [7, 11) is 0. The molecule has 24 heavy (non-hydrogen) atoms. The number of rotatable bonds is 1. The second kappa shape index (κ2) is 5.64. The Hall–Kier alpha value is -2.88. The lowest BCUT2D eigenvalue weighted by molar-refractivity contribution is -0.000748. The van der Waals surface area contributed by atoms with Crippen LogP contribution >= 0.6 is 0 Å². The van der Waals surface area contributed by atoms with Crippen LogP contribution in [0.1, 0.15) is 35.8 Å². The van der Waals surface area contributed by atoms with Gasteiger partial charge in [-0.15, -0.1) is 0 Å². The SMILES string of the molecule is C[C@H]1Oc2c(ccc3cccnc23)[C@H](C)N1C(=O)c1ccccc1. The summed E-state index contributed by atoms with van der Waals surface area (Å²) in [5.74, 6) is 0.757. The molecule has 2 aromatic carbocycles. The first-order valence-electron chi connectivity index (χ1n) is 8.09. The van der Waals surface area contributed by atoms with Crippen molar-refractivity contribution in [1.82, 2.24) is 9.88 Å². The predicted octanol–water partition coefficient (Wildman–Crippen LogP) is 4.18. The largest absolute Gasteiger partial charge is 0.468 e. The van der Waals surface area contributed by atoms with E-state index in [0.29, 0.717) is 5.56 Å². The molecular formula is C20H18N2O2. The minimum Gasteiger partial charge on any atom is -0.468 e. The first-order valence-corrected chi connectivity index (χ1v) is 8.09. The predicted molar refractivity (Wildman–Crippen MR) is 92.9 cm³/mol. The van der Waals surface area contributed by atoms with Crippen molar-refractivity contribution in [1.29, 1.82) is 0 Å². The number of amides is 1. The van der Waals surface area contributed by atoms with Crippen LogP contribution in [-0.4, -0.2) is 22.0 Å². The maximum atomic E-state index is 12.9. The van der Waals surface area contributed by atoms with Gasteiger partial charge in [0.1, 0.15) is 5.52 Å². The molecule has 0 bridgehead atoms. The van der Waals surface area contributed by atoms with E-state index in [0.717, 1.165) is 22.2 Å². The van der Waals surface area contributed by atoms with Crippen LogP contribution in [0.5, 0.6) is 5.75 Å². The van der Waals surface area contributed by atoms with Crippen LogP contribution < -0.4 is 4.74 Å². The lowest BCUT2D eigenvalue weighted by Gasteiger charge is -2.40. The molecule has 1 aliphatic heterocycles. The highest BCUT2D eigenvalue weighted by Gasteiger charge is 2.35. The molecule has 120 valence electrons. The molecule has 0 radical (unpaired) electrons. The molecule has 0 fully saturated rings. The second-order valence-corrected chi connectivity index (χ2v) is 6.03. The maximum Gasteiger partial charge on any atom is 0.257 e. The monoisotopic (exact) mass is 318 g/mol. The van der Waals surface area contributed by atoms with E-state index < -0.39 is 0 Å². The fourth-order valence-corrected chi connectivity index (χ4v) is 3.35. The Kier molecular flexibility index (Phi) is 3.45. The van der Waals surface area contributed by atoms with Crippen LogP contribution in [0.3, 0.4) is 0 Å². The Morgan fingerprint density at radius 3 is 2.62 bits per heavy atom. The highest BCUT2D eigenvalue weighted by Crippen LogP contribution is 2.40. The molecule has 3 aromatic rings. The van der Waals surface area contributed by atoms with Crippen molar-refractivity contribution >= 4 is 16.8 Å². The normalized spacial score (nSPS) is 19.7. The molecule has 4 heteroatoms. The molecule has 1 aromatic heterocycles. The standard InChI is InChI=1S/C20H18N2O2/c1-13-17-11-10-15-9-6-12-21-18(15)19(17)24-14(2)22(13)20(23)16-7-4-3-5-8-16/h3-14H,1-2H3/t13-,14+/m0/s1. The fourth-order valence-electron chi connectivity index (χ4n) is 3.35. The van der Waals surface area contributed by atoms with E-state index in [2.05, 4.69) is 4.98 Å². The van der Waals surface area contributed by atoms with Gasteiger partial charge >= 0.3 is 0 Å². The first kappa shape index (κ1) is 14.7. The number of hydrogen-bond acceptors (Lipinski definition) is 3. The minimum atomic E-state index is -0.354. The molecule has 1 amide bonds. The van der Waals surface area contributed by atoms with E-state index in [1.54, 1.807) is 11.1 Å². The van der Waals surface area contributed by atoms with Gasteiger partial charge in [0.05, 0.1) is 6.04 Å². The van der Waals surface area contributed by atoms with Crippen molar-refractivity contribution in [2.24, 2.45) is 0 Å². The molecule has 0 spiro atoms. The number of ether oxygens (including phenoxy) is 1. The Morgan fingerprint density at radius 2 is 1.83 bits per heavy atom. The third-order valence-corrected chi connectivity index (χ3v) is 4.56. The zero-order chi connectivity index (χ0) is 16.7. The zero-order valence-electron chi connectivity index (χ0n) is 13.6. The molecule has 0 N–H and O–H groups in total. The number of fused-ring (bicyclic) bond motifs is 3. The summed E-state index contributed by atoms with van der Waals surface area (Å²) in [5, 5.41) is 1.04. The second-order valence-electron chi connectivity index (χ2n) is 6.03. The van der Waals surface area contributed by atoms with E-state index in [4.69, 9.17) is 4.74 Å². The lowest BCUT2D eigenvalue weighted by atomic mass is 9.99. The number of benzene rings is 2. The Morgan fingerprint density at radius 1 is 1.04 bits per heavy atom. The van der Waals surface area contributed by atoms with Crippen LogP contribution in [0.2, 0.25) is 0 Å². The van der Waals surface area contributed by atoms with Gasteiger partial charge in [-0.25, -0.2) is 0 Å². The highest BCUT2D eigenvalue weighted by molar-refractivity contribution is 5.95. The van der Waals surface area contributed by atoms with E-state index in [1.807, 2.05) is 68.4 Å². The number of hydrogen-bond donors (Lipinski definition) is 0. The summed E-state index contributed by atoms with van der Waals surface area (Å²) in [6.07, 6.45) is 1.41. The number of aromatic nitrogens is 1. The van der Waals surface area contributed by atoms with Crippen LogP contribution in [0.4, 0.5) is 0 Å². The van der Waals surface area contributed by atoms with Crippen LogP contribution in [0.25, 0.3) is 10.9 Å². The Labute approximate surface area is 140 Å². The molecule has 2 atom stereocenters. The smallest absolute Gasteiger partial charge is 0.257 e. The number of carbonyl (C=O) groups excluding carboxylic acids is 1. The van der Waals surface area contributed by atoms with Gasteiger partial charge in [0.2, 0.25) is 0 Å². The van der Waals surface area contributed by atoms with Crippen molar-refractivity contribution in [3.8, 4) is 5.75 Å². The highest BCUT2D eigenvalue weighted by atomic mass is 16.5. The first-order chi connectivity index (χ1) is 11.7. The number of carbonyl (C=O) groups is 1. The number of pyridine rings is 1. The molecule has 0 aliphatic carbocycles. The summed E-state index contributed by atoms with van der Waals surface area (Å²) in [4.78, 5) is 19.2. The lowest BCUT2D eigenvalue weighted by Crippen LogP contribution is -2.46. The molecule has 4 rings (SSSR count). The summed E-state index contributed by atoms with van der Waals surface area (Å²) < 4.78 is 6.11. The van der Waals surface area contributed by atoms with Gasteiger partial charge in [-0.2, -0.15) is 0 Å². The van der Waals surface area contributed by atoms with Gasteiger partial charge in [-0.3, -0.25) is 14.7 Å². The van der Waals surface area contributed by atoms with E-state index in [9.17, 15) is 4.79 Å². The van der Waals surface area contributed by atoms with Crippen molar-refractivity contribution in [2.75, 3.05) is 0 Å². The molecule has 0 saturated heterocycles. The van der Waals surface area contributed by atoms with Gasteiger partial charge in [0.25, 0.3) is 5.91 Å². The summed E-state index contributed by atoms with van der Waals surface area (Å²) in [6.45, 7) is 3.94. The fraction of sp³-hybridized carbons (Fsp3) is 0.200. The van der Waals surface area contributed by atoms with Gasteiger partial charge in [0, 0.05) is 22.7 Å². The molecule has 2 heterocycles. The molecule has 0 unspecified atom stereocenters. The van der Waals surface area contributed by atoms with Gasteiger partial charge in [-0.1, -0.05) is 36.4 Å². The maximum absolute atomic E-state index is 12.9. The number of nitrogens with zero attached hydrogens (tertiary/aromatic N) is 2. The zero-order valence-corrected chi connectivity index (χ0v) is 13.6. The Bertz CT molecular complexity index is 908. The molecular weight excluding hydrogens is 300 g/mol. The summed E-state index contributed by atoms with van der Waals surface area (Å²) >= 11 is 0. The van der Waals surface area contributed by atoms with Gasteiger partial charge < -0.3 is 4.74 Å². The average Bonchev–Trinajstić information content (AvgIpc) is 2.62. The van der Waals surface area contributed by atoms with Gasteiger partial charge in [-0.05, 0) is 32.0 Å². The third-order valence-electron chi connectivity index (χ3n) is 4.56. The molecule has 4 nitrogen and oxygen atoms in total. The van der Waals surface area contributed by atoms with Crippen LogP contribution in [0, 0.1) is 0 Å².